The van der Waals surface area contributed by atoms with Crippen LogP contribution in [0.2, 0.25) is 0 Å². The summed E-state index contributed by atoms with van der Waals surface area (Å²) in [5, 5.41) is 1.27. The monoisotopic (exact) mass is 399 g/mol. The highest BCUT2D eigenvalue weighted by Crippen LogP contribution is 2.33. The molecule has 0 amide bonds. The van der Waals surface area contributed by atoms with E-state index in [1.54, 1.807) is 7.11 Å². The second-order valence-electron chi connectivity index (χ2n) is 8.27. The van der Waals surface area contributed by atoms with Gasteiger partial charge in [0, 0.05) is 59.3 Å². The van der Waals surface area contributed by atoms with Gasteiger partial charge >= 0.3 is 0 Å². The molecule has 2 aromatic carbocycles. The Hall–Kier alpha value is -3.11. The van der Waals surface area contributed by atoms with Crippen molar-refractivity contribution in [2.45, 2.75) is 13.5 Å². The molecule has 2 aromatic heterocycles. The van der Waals surface area contributed by atoms with E-state index in [2.05, 4.69) is 84.1 Å². The van der Waals surface area contributed by atoms with Gasteiger partial charge in [-0.1, -0.05) is 37.3 Å². The van der Waals surface area contributed by atoms with Crippen molar-refractivity contribution in [3.8, 4) is 28.0 Å². The van der Waals surface area contributed by atoms with Crippen LogP contribution < -0.4 is 4.74 Å². The molecule has 0 radical (unpaired) electrons. The molecule has 0 bridgehead atoms. The van der Waals surface area contributed by atoms with E-state index in [0.717, 1.165) is 35.5 Å². The molecule has 0 aliphatic carbocycles. The van der Waals surface area contributed by atoms with Gasteiger partial charge in [-0.2, -0.15) is 0 Å². The second-order valence-corrected chi connectivity index (χ2v) is 8.27. The summed E-state index contributed by atoms with van der Waals surface area (Å²) < 4.78 is 7.67. The molecule has 30 heavy (non-hydrogen) atoms. The molecule has 0 saturated carbocycles. The quantitative estimate of drug-likeness (QED) is 0.407. The molecule has 1 unspecified atom stereocenters. The minimum Gasteiger partial charge on any atom is -0.497 e. The van der Waals surface area contributed by atoms with E-state index < -0.39 is 0 Å². The molecule has 1 atom stereocenters. The first-order chi connectivity index (χ1) is 14.5. The normalized spacial score (nSPS) is 12.4. The Morgan fingerprint density at radius 2 is 1.70 bits per heavy atom. The first kappa shape index (κ1) is 20.2. The van der Waals surface area contributed by atoms with Crippen molar-refractivity contribution < 1.29 is 4.74 Å². The smallest absolute Gasteiger partial charge is 0.118 e. The topological polar surface area (TPSA) is 30.3 Å². The van der Waals surface area contributed by atoms with Crippen LogP contribution in [0, 0.1) is 5.92 Å². The van der Waals surface area contributed by atoms with Gasteiger partial charge in [-0.05, 0) is 49.8 Å². The molecule has 2 heterocycles. The van der Waals surface area contributed by atoms with E-state index in [1.165, 1.54) is 16.5 Å². The minimum atomic E-state index is 0.562. The summed E-state index contributed by atoms with van der Waals surface area (Å²) in [5.74, 6) is 1.42. The van der Waals surface area contributed by atoms with Gasteiger partial charge in [0.05, 0.1) is 7.11 Å². The van der Waals surface area contributed by atoms with Gasteiger partial charge in [0.1, 0.15) is 5.75 Å². The van der Waals surface area contributed by atoms with Crippen molar-refractivity contribution in [3.63, 3.8) is 0 Å². The van der Waals surface area contributed by atoms with Crippen LogP contribution in [0.3, 0.4) is 0 Å². The van der Waals surface area contributed by atoms with Crippen molar-refractivity contribution in [2.75, 3.05) is 27.7 Å². The maximum atomic E-state index is 5.28. The Kier molecular flexibility index (Phi) is 5.86. The zero-order chi connectivity index (χ0) is 21.1. The van der Waals surface area contributed by atoms with E-state index in [-0.39, 0.29) is 0 Å². The van der Waals surface area contributed by atoms with Gasteiger partial charge in [-0.15, -0.1) is 0 Å². The SMILES string of the molecule is COc1ccc(-c2cncc(-c3cn(CC(C)CN(C)C)c4ccccc34)c2)cc1. The Morgan fingerprint density at radius 3 is 2.43 bits per heavy atom. The maximum Gasteiger partial charge on any atom is 0.118 e. The Morgan fingerprint density at radius 1 is 0.967 bits per heavy atom. The molecular formula is C26H29N3O. The molecule has 0 saturated heterocycles. The second kappa shape index (κ2) is 8.72. The van der Waals surface area contributed by atoms with E-state index in [1.807, 2.05) is 24.5 Å². The molecule has 4 rings (SSSR count). The number of aromatic nitrogens is 2. The highest BCUT2D eigenvalue weighted by atomic mass is 16.5. The van der Waals surface area contributed by atoms with Crippen molar-refractivity contribution in [2.24, 2.45) is 5.92 Å². The Bertz CT molecular complexity index is 1130. The molecule has 0 aliphatic heterocycles. The summed E-state index contributed by atoms with van der Waals surface area (Å²) in [7, 11) is 5.95. The molecule has 4 aromatic rings. The van der Waals surface area contributed by atoms with Gasteiger partial charge < -0.3 is 14.2 Å². The summed E-state index contributed by atoms with van der Waals surface area (Å²) in [4.78, 5) is 6.80. The average molecular weight is 400 g/mol. The Labute approximate surface area is 178 Å². The lowest BCUT2D eigenvalue weighted by atomic mass is 10.0. The van der Waals surface area contributed by atoms with E-state index in [0.29, 0.717) is 5.92 Å². The summed E-state index contributed by atoms with van der Waals surface area (Å²) in [6, 6.07) is 19.0. The third kappa shape index (κ3) is 4.24. The van der Waals surface area contributed by atoms with Crippen LogP contribution in [-0.2, 0) is 6.54 Å². The van der Waals surface area contributed by atoms with Gasteiger partial charge in [-0.25, -0.2) is 0 Å². The first-order valence-electron chi connectivity index (χ1n) is 10.4. The average Bonchev–Trinajstić information content (AvgIpc) is 3.12. The summed E-state index contributed by atoms with van der Waals surface area (Å²) >= 11 is 0. The predicted molar refractivity (Wildman–Crippen MR) is 125 cm³/mol. The van der Waals surface area contributed by atoms with Gasteiger partial charge in [0.2, 0.25) is 0 Å². The molecule has 154 valence electrons. The third-order valence-electron chi connectivity index (χ3n) is 5.45. The number of fused-ring (bicyclic) bond motifs is 1. The lowest BCUT2D eigenvalue weighted by Gasteiger charge is -2.18. The largest absolute Gasteiger partial charge is 0.497 e. The van der Waals surface area contributed by atoms with E-state index >= 15 is 0 Å². The fraction of sp³-hybridized carbons (Fsp3) is 0.269. The fourth-order valence-electron chi connectivity index (χ4n) is 4.17. The summed E-state index contributed by atoms with van der Waals surface area (Å²) in [6.45, 7) is 4.36. The van der Waals surface area contributed by atoms with Crippen LogP contribution in [0.1, 0.15) is 6.92 Å². The number of ether oxygens (including phenoxy) is 1. The number of pyridine rings is 1. The van der Waals surface area contributed by atoms with Gasteiger partial charge in [0.15, 0.2) is 0 Å². The maximum absolute atomic E-state index is 5.28. The number of methoxy groups -OCH3 is 1. The van der Waals surface area contributed by atoms with E-state index in [9.17, 15) is 0 Å². The summed E-state index contributed by atoms with van der Waals surface area (Å²) in [5.41, 5.74) is 5.87. The fourth-order valence-corrected chi connectivity index (χ4v) is 4.17. The van der Waals surface area contributed by atoms with E-state index in [4.69, 9.17) is 4.74 Å². The molecule has 4 nitrogen and oxygen atoms in total. The van der Waals surface area contributed by atoms with Crippen molar-refractivity contribution in [1.82, 2.24) is 14.5 Å². The minimum absolute atomic E-state index is 0.562. The predicted octanol–water partition coefficient (Wildman–Crippen LogP) is 5.58. The number of para-hydroxylation sites is 1. The molecule has 0 aliphatic rings. The lowest BCUT2D eigenvalue weighted by molar-refractivity contribution is 0.318. The van der Waals surface area contributed by atoms with Crippen molar-refractivity contribution in [1.29, 1.82) is 0 Å². The lowest BCUT2D eigenvalue weighted by Crippen LogP contribution is -2.22. The standard InChI is InChI=1S/C26H29N3O/c1-19(16-28(2)3)17-29-18-25(24-7-5-6-8-26(24)29)22-13-21(14-27-15-22)20-9-11-23(30-4)12-10-20/h5-15,18-19H,16-17H2,1-4H3. The molecule has 4 heteroatoms. The van der Waals surface area contributed by atoms with Crippen LogP contribution in [0.15, 0.2) is 73.2 Å². The molecule has 0 N–H and O–H groups in total. The number of hydrogen-bond donors (Lipinski definition) is 0. The van der Waals surface area contributed by atoms with Crippen LogP contribution >= 0.6 is 0 Å². The third-order valence-corrected chi connectivity index (χ3v) is 5.45. The highest BCUT2D eigenvalue weighted by Gasteiger charge is 2.13. The van der Waals surface area contributed by atoms with Crippen LogP contribution in [0.5, 0.6) is 5.75 Å². The number of rotatable bonds is 7. The van der Waals surface area contributed by atoms with Crippen LogP contribution in [-0.4, -0.2) is 42.2 Å². The molecule has 0 fully saturated rings. The first-order valence-corrected chi connectivity index (χ1v) is 10.4. The molecule has 0 spiro atoms. The zero-order valence-electron chi connectivity index (χ0n) is 18.2. The highest BCUT2D eigenvalue weighted by molar-refractivity contribution is 5.96. The number of nitrogens with zero attached hydrogens (tertiary/aromatic N) is 3. The zero-order valence-corrected chi connectivity index (χ0v) is 18.2. The van der Waals surface area contributed by atoms with Crippen molar-refractivity contribution in [3.05, 3.63) is 73.2 Å². The number of benzene rings is 2. The number of hydrogen-bond acceptors (Lipinski definition) is 3. The molecular weight excluding hydrogens is 370 g/mol. The van der Waals surface area contributed by atoms with Gasteiger partial charge in [-0.3, -0.25) is 4.98 Å². The van der Waals surface area contributed by atoms with Crippen molar-refractivity contribution >= 4 is 10.9 Å². The van der Waals surface area contributed by atoms with Crippen LogP contribution in [0.25, 0.3) is 33.2 Å². The van der Waals surface area contributed by atoms with Crippen LogP contribution in [0.4, 0.5) is 0 Å². The van der Waals surface area contributed by atoms with Gasteiger partial charge in [0.25, 0.3) is 0 Å². The summed E-state index contributed by atoms with van der Waals surface area (Å²) in [6.07, 6.45) is 6.16. The Balaban J connectivity index is 1.72.